The van der Waals surface area contributed by atoms with Crippen molar-refractivity contribution in [1.82, 2.24) is 5.32 Å². The number of amides is 1. The van der Waals surface area contributed by atoms with Crippen molar-refractivity contribution < 1.29 is 31.1 Å². The van der Waals surface area contributed by atoms with E-state index in [-0.39, 0.29) is 5.56 Å². The van der Waals surface area contributed by atoms with Gasteiger partial charge >= 0.3 is 12.4 Å². The molecule has 0 radical (unpaired) electrons. The first-order chi connectivity index (χ1) is 9.53. The van der Waals surface area contributed by atoms with Gasteiger partial charge in [0, 0.05) is 0 Å². The number of halogens is 6. The standard InChI is InChI=1S/C13H11F6NO/c1-2-11(21)20-10(7-12(14,15)16)8-3-5-9(6-4-8)13(17,18)19/h2-6,10H,1,7H2,(H,20,21). The van der Waals surface area contributed by atoms with E-state index >= 15 is 0 Å². The maximum absolute atomic E-state index is 12.5. The van der Waals surface area contributed by atoms with Crippen LogP contribution in [-0.2, 0) is 11.0 Å². The Kier molecular flexibility index (Phi) is 5.03. The lowest BCUT2D eigenvalue weighted by Crippen LogP contribution is -2.30. The van der Waals surface area contributed by atoms with Crippen molar-refractivity contribution in [3.63, 3.8) is 0 Å². The maximum Gasteiger partial charge on any atom is 0.416 e. The van der Waals surface area contributed by atoms with Gasteiger partial charge in [-0.2, -0.15) is 26.3 Å². The number of carbonyl (C=O) groups is 1. The van der Waals surface area contributed by atoms with E-state index in [9.17, 15) is 31.1 Å². The normalized spacial score (nSPS) is 13.6. The van der Waals surface area contributed by atoms with Gasteiger partial charge in [-0.3, -0.25) is 4.79 Å². The highest BCUT2D eigenvalue weighted by Gasteiger charge is 2.34. The zero-order valence-electron chi connectivity index (χ0n) is 10.6. The van der Waals surface area contributed by atoms with Crippen LogP contribution >= 0.6 is 0 Å². The molecule has 1 rings (SSSR count). The Morgan fingerprint density at radius 1 is 1.14 bits per heavy atom. The molecule has 1 aromatic rings. The number of nitrogens with one attached hydrogen (secondary N) is 1. The highest BCUT2D eigenvalue weighted by Crippen LogP contribution is 2.33. The van der Waals surface area contributed by atoms with Gasteiger partial charge in [-0.15, -0.1) is 0 Å². The summed E-state index contributed by atoms with van der Waals surface area (Å²) in [5.74, 6) is -0.843. The lowest BCUT2D eigenvalue weighted by atomic mass is 10.0. The summed E-state index contributed by atoms with van der Waals surface area (Å²) in [7, 11) is 0. The SMILES string of the molecule is C=CC(=O)NC(CC(F)(F)F)c1ccc(C(F)(F)F)cc1. The fourth-order valence-electron chi connectivity index (χ4n) is 1.62. The molecular weight excluding hydrogens is 300 g/mol. The molecule has 0 aliphatic rings. The van der Waals surface area contributed by atoms with E-state index < -0.39 is 36.3 Å². The molecular formula is C13H11F6NO. The molecule has 8 heteroatoms. The van der Waals surface area contributed by atoms with Crippen LogP contribution in [0, 0.1) is 0 Å². The topological polar surface area (TPSA) is 29.1 Å². The Labute approximate surface area is 116 Å². The fraction of sp³-hybridized carbons (Fsp3) is 0.308. The molecule has 0 spiro atoms. The van der Waals surface area contributed by atoms with E-state index in [0.717, 1.165) is 18.2 Å². The summed E-state index contributed by atoms with van der Waals surface area (Å²) in [6.07, 6.45) is -9.77. The van der Waals surface area contributed by atoms with Gasteiger partial charge in [0.2, 0.25) is 5.91 Å². The minimum absolute atomic E-state index is 0.0736. The zero-order chi connectivity index (χ0) is 16.3. The van der Waals surface area contributed by atoms with Gasteiger partial charge in [0.25, 0.3) is 0 Å². The summed E-state index contributed by atoms with van der Waals surface area (Å²) < 4.78 is 74.6. The van der Waals surface area contributed by atoms with Crippen LogP contribution in [0.1, 0.15) is 23.6 Å². The average molecular weight is 311 g/mol. The van der Waals surface area contributed by atoms with Crippen LogP contribution in [0.5, 0.6) is 0 Å². The lowest BCUT2D eigenvalue weighted by molar-refractivity contribution is -0.142. The number of hydrogen-bond donors (Lipinski definition) is 1. The Hall–Kier alpha value is -1.99. The summed E-state index contributed by atoms with van der Waals surface area (Å²) in [5.41, 5.74) is -1.05. The Bertz CT molecular complexity index is 503. The summed E-state index contributed by atoms with van der Waals surface area (Å²) in [6.45, 7) is 3.11. The predicted molar refractivity (Wildman–Crippen MR) is 63.2 cm³/mol. The zero-order valence-corrected chi connectivity index (χ0v) is 10.6. The summed E-state index contributed by atoms with van der Waals surface area (Å²) in [4.78, 5) is 11.1. The monoisotopic (exact) mass is 311 g/mol. The molecule has 0 aliphatic carbocycles. The molecule has 0 heterocycles. The van der Waals surface area contributed by atoms with E-state index in [1.807, 2.05) is 5.32 Å². The van der Waals surface area contributed by atoms with E-state index in [1.54, 1.807) is 0 Å². The van der Waals surface area contributed by atoms with Gasteiger partial charge in [-0.05, 0) is 23.8 Å². The Morgan fingerprint density at radius 3 is 2.05 bits per heavy atom. The molecule has 1 amide bonds. The quantitative estimate of drug-likeness (QED) is 0.661. The molecule has 0 aromatic heterocycles. The Morgan fingerprint density at radius 2 is 1.67 bits per heavy atom. The van der Waals surface area contributed by atoms with Gasteiger partial charge < -0.3 is 5.32 Å². The summed E-state index contributed by atoms with van der Waals surface area (Å²) in [6, 6.07) is 1.67. The third-order valence-corrected chi connectivity index (χ3v) is 2.58. The second kappa shape index (κ2) is 6.19. The van der Waals surface area contributed by atoms with Gasteiger partial charge in [0.15, 0.2) is 0 Å². The van der Waals surface area contributed by atoms with Gasteiger partial charge in [0.1, 0.15) is 0 Å². The first kappa shape index (κ1) is 17.1. The number of benzene rings is 1. The van der Waals surface area contributed by atoms with Crippen molar-refractivity contribution in [2.24, 2.45) is 0 Å². The maximum atomic E-state index is 12.5. The van der Waals surface area contributed by atoms with Crippen LogP contribution in [0.2, 0.25) is 0 Å². The van der Waals surface area contributed by atoms with Crippen LogP contribution in [0.15, 0.2) is 36.9 Å². The highest BCUT2D eigenvalue weighted by atomic mass is 19.4. The molecule has 1 unspecified atom stereocenters. The number of hydrogen-bond acceptors (Lipinski definition) is 1. The van der Waals surface area contributed by atoms with Crippen molar-refractivity contribution in [1.29, 1.82) is 0 Å². The number of rotatable bonds is 4. The lowest BCUT2D eigenvalue weighted by Gasteiger charge is -2.20. The minimum Gasteiger partial charge on any atom is -0.345 e. The van der Waals surface area contributed by atoms with Crippen molar-refractivity contribution in [2.45, 2.75) is 24.8 Å². The minimum atomic E-state index is -4.58. The van der Waals surface area contributed by atoms with E-state index in [1.165, 1.54) is 0 Å². The van der Waals surface area contributed by atoms with Gasteiger partial charge in [0.05, 0.1) is 18.0 Å². The molecule has 116 valence electrons. The van der Waals surface area contributed by atoms with Crippen LogP contribution in [0.3, 0.4) is 0 Å². The molecule has 2 nitrogen and oxygen atoms in total. The highest BCUT2D eigenvalue weighted by molar-refractivity contribution is 5.87. The largest absolute Gasteiger partial charge is 0.416 e. The summed E-state index contributed by atoms with van der Waals surface area (Å²) in [5, 5.41) is 2.04. The molecule has 0 bridgehead atoms. The van der Waals surface area contributed by atoms with Crippen molar-refractivity contribution in [2.75, 3.05) is 0 Å². The van der Waals surface area contributed by atoms with Crippen LogP contribution in [0.25, 0.3) is 0 Å². The molecule has 0 aliphatic heterocycles. The smallest absolute Gasteiger partial charge is 0.345 e. The van der Waals surface area contributed by atoms with Crippen molar-refractivity contribution >= 4 is 5.91 Å². The van der Waals surface area contributed by atoms with Gasteiger partial charge in [-0.25, -0.2) is 0 Å². The molecule has 21 heavy (non-hydrogen) atoms. The average Bonchev–Trinajstić information content (AvgIpc) is 2.35. The van der Waals surface area contributed by atoms with Crippen LogP contribution in [0.4, 0.5) is 26.3 Å². The molecule has 0 fully saturated rings. The van der Waals surface area contributed by atoms with Crippen LogP contribution in [-0.4, -0.2) is 12.1 Å². The summed E-state index contributed by atoms with van der Waals surface area (Å²) >= 11 is 0. The number of carbonyl (C=O) groups excluding carboxylic acids is 1. The van der Waals surface area contributed by atoms with E-state index in [4.69, 9.17) is 0 Å². The first-order valence-electron chi connectivity index (χ1n) is 5.70. The van der Waals surface area contributed by atoms with Crippen LogP contribution < -0.4 is 5.32 Å². The van der Waals surface area contributed by atoms with E-state index in [2.05, 4.69) is 6.58 Å². The molecule has 1 N–H and O–H groups in total. The second-order valence-electron chi connectivity index (χ2n) is 4.20. The first-order valence-corrected chi connectivity index (χ1v) is 5.70. The molecule has 0 saturated carbocycles. The van der Waals surface area contributed by atoms with E-state index in [0.29, 0.717) is 12.1 Å². The second-order valence-corrected chi connectivity index (χ2v) is 4.20. The van der Waals surface area contributed by atoms with Gasteiger partial charge in [-0.1, -0.05) is 18.7 Å². The number of alkyl halides is 6. The third-order valence-electron chi connectivity index (χ3n) is 2.58. The fourth-order valence-corrected chi connectivity index (χ4v) is 1.62. The molecule has 1 atom stereocenters. The third kappa shape index (κ3) is 5.49. The molecule has 1 aromatic carbocycles. The van der Waals surface area contributed by atoms with Crippen molar-refractivity contribution in [3.8, 4) is 0 Å². The predicted octanol–water partition coefficient (Wildman–Crippen LogP) is 4.00. The molecule has 0 saturated heterocycles. The van der Waals surface area contributed by atoms with Crippen molar-refractivity contribution in [3.05, 3.63) is 48.0 Å². The Balaban J connectivity index is 3.02.